The number of benzene rings is 2. The van der Waals surface area contributed by atoms with Crippen LogP contribution in [0.4, 0.5) is 5.69 Å². The maximum absolute atomic E-state index is 12.4. The highest BCUT2D eigenvalue weighted by Crippen LogP contribution is 2.26. The summed E-state index contributed by atoms with van der Waals surface area (Å²) in [6.45, 7) is 1.69. The van der Waals surface area contributed by atoms with Gasteiger partial charge in [0.25, 0.3) is 5.91 Å². The summed E-state index contributed by atoms with van der Waals surface area (Å²) < 4.78 is 5.58. The van der Waals surface area contributed by atoms with Crippen molar-refractivity contribution in [2.45, 2.75) is 6.92 Å². The Balaban J connectivity index is 1.85. The molecule has 0 fully saturated rings. The first-order valence-electron chi connectivity index (χ1n) is 6.99. The Bertz CT molecular complexity index is 777. The van der Waals surface area contributed by atoms with Crippen molar-refractivity contribution < 1.29 is 14.3 Å². The third-order valence-corrected chi connectivity index (χ3v) is 3.48. The minimum Gasteiger partial charge on any atom is -0.488 e. The summed E-state index contributed by atoms with van der Waals surface area (Å²) >= 11 is 0. The van der Waals surface area contributed by atoms with E-state index < -0.39 is 0 Å². The number of nitrogens with one attached hydrogen (secondary N) is 1. The van der Waals surface area contributed by atoms with Gasteiger partial charge in [-0.25, -0.2) is 0 Å². The molecule has 0 saturated heterocycles. The summed E-state index contributed by atoms with van der Waals surface area (Å²) in [5, 5.41) is 2.78. The molecule has 0 aromatic heterocycles. The van der Waals surface area contributed by atoms with Gasteiger partial charge in [0.15, 0.2) is 5.78 Å². The SMILES string of the molecule is CC(=O)c1ccccc1NC(=O)C1=Cc2ccccc2OC1. The first-order chi connectivity index (χ1) is 10.6. The van der Waals surface area contributed by atoms with Gasteiger partial charge >= 0.3 is 0 Å². The lowest BCUT2D eigenvalue weighted by molar-refractivity contribution is -0.113. The number of hydrogen-bond donors (Lipinski definition) is 1. The highest BCUT2D eigenvalue weighted by molar-refractivity contribution is 6.10. The van der Waals surface area contributed by atoms with E-state index in [1.807, 2.05) is 30.3 Å². The van der Waals surface area contributed by atoms with Gasteiger partial charge in [0.2, 0.25) is 0 Å². The van der Waals surface area contributed by atoms with E-state index in [2.05, 4.69) is 5.32 Å². The number of ether oxygens (including phenoxy) is 1. The Morgan fingerprint density at radius 1 is 1.05 bits per heavy atom. The van der Waals surface area contributed by atoms with E-state index in [9.17, 15) is 9.59 Å². The topological polar surface area (TPSA) is 55.4 Å². The van der Waals surface area contributed by atoms with Gasteiger partial charge < -0.3 is 10.1 Å². The van der Waals surface area contributed by atoms with Crippen LogP contribution in [0.1, 0.15) is 22.8 Å². The van der Waals surface area contributed by atoms with Crippen LogP contribution < -0.4 is 10.1 Å². The highest BCUT2D eigenvalue weighted by Gasteiger charge is 2.18. The predicted octanol–water partition coefficient (Wildman–Crippen LogP) is 3.30. The number of carbonyl (C=O) groups excluding carboxylic acids is 2. The molecule has 1 aliphatic rings. The summed E-state index contributed by atoms with van der Waals surface area (Å²) in [4.78, 5) is 24.0. The molecule has 1 aliphatic heterocycles. The normalized spacial score (nSPS) is 12.7. The summed E-state index contributed by atoms with van der Waals surface area (Å²) in [6, 6.07) is 14.5. The van der Waals surface area contributed by atoms with Gasteiger partial charge in [0.05, 0.1) is 11.3 Å². The summed E-state index contributed by atoms with van der Waals surface area (Å²) in [5.74, 6) is 0.418. The molecule has 0 radical (unpaired) electrons. The number of hydrogen-bond acceptors (Lipinski definition) is 3. The zero-order valence-corrected chi connectivity index (χ0v) is 12.1. The predicted molar refractivity (Wildman–Crippen MR) is 85.0 cm³/mol. The smallest absolute Gasteiger partial charge is 0.255 e. The maximum Gasteiger partial charge on any atom is 0.255 e. The summed E-state index contributed by atoms with van der Waals surface area (Å²) in [7, 11) is 0. The second-order valence-electron chi connectivity index (χ2n) is 5.05. The maximum atomic E-state index is 12.4. The average Bonchev–Trinajstić information content (AvgIpc) is 2.54. The van der Waals surface area contributed by atoms with E-state index in [-0.39, 0.29) is 18.3 Å². The van der Waals surface area contributed by atoms with E-state index in [0.29, 0.717) is 16.8 Å². The van der Waals surface area contributed by atoms with E-state index in [4.69, 9.17) is 4.74 Å². The molecule has 2 aromatic carbocycles. The van der Waals surface area contributed by atoms with Crippen LogP contribution in [0.3, 0.4) is 0 Å². The number of anilines is 1. The summed E-state index contributed by atoms with van der Waals surface area (Å²) in [6.07, 6.45) is 1.81. The Labute approximate surface area is 128 Å². The minimum absolute atomic E-state index is 0.0879. The molecule has 1 heterocycles. The fourth-order valence-electron chi connectivity index (χ4n) is 2.35. The Morgan fingerprint density at radius 3 is 2.59 bits per heavy atom. The van der Waals surface area contributed by atoms with Gasteiger partial charge in [-0.05, 0) is 31.2 Å². The number of rotatable bonds is 3. The molecule has 4 heteroatoms. The largest absolute Gasteiger partial charge is 0.488 e. The standard InChI is InChI=1S/C18H15NO3/c1-12(20)15-7-3-4-8-16(15)19-18(21)14-10-13-6-2-5-9-17(13)22-11-14/h2-10H,11H2,1H3,(H,19,21). The molecule has 2 aromatic rings. The third kappa shape index (κ3) is 2.76. The van der Waals surface area contributed by atoms with Crippen LogP contribution in [0.5, 0.6) is 5.75 Å². The zero-order chi connectivity index (χ0) is 15.5. The number of amides is 1. The van der Waals surface area contributed by atoms with Gasteiger partial charge in [-0.1, -0.05) is 30.3 Å². The Hall–Kier alpha value is -2.88. The van der Waals surface area contributed by atoms with Crippen LogP contribution in [0.25, 0.3) is 6.08 Å². The highest BCUT2D eigenvalue weighted by atomic mass is 16.5. The molecule has 0 unspecified atom stereocenters. The zero-order valence-electron chi connectivity index (χ0n) is 12.1. The van der Waals surface area contributed by atoms with Crippen LogP contribution in [0, 0.1) is 0 Å². The van der Waals surface area contributed by atoms with Crippen LogP contribution >= 0.6 is 0 Å². The van der Waals surface area contributed by atoms with Gasteiger partial charge in [0, 0.05) is 11.1 Å². The minimum atomic E-state index is -0.261. The van der Waals surface area contributed by atoms with Crippen LogP contribution in [-0.2, 0) is 4.79 Å². The second kappa shape index (κ2) is 5.85. The van der Waals surface area contributed by atoms with E-state index in [0.717, 1.165) is 11.3 Å². The van der Waals surface area contributed by atoms with Crippen molar-refractivity contribution in [1.29, 1.82) is 0 Å². The molecule has 1 amide bonds. The van der Waals surface area contributed by atoms with Gasteiger partial charge in [-0.2, -0.15) is 0 Å². The molecule has 1 N–H and O–H groups in total. The number of fused-ring (bicyclic) bond motifs is 1. The van der Waals surface area contributed by atoms with Crippen LogP contribution in [0.15, 0.2) is 54.1 Å². The molecule has 0 spiro atoms. The monoisotopic (exact) mass is 293 g/mol. The third-order valence-electron chi connectivity index (χ3n) is 3.48. The van der Waals surface area contributed by atoms with Crippen molar-refractivity contribution in [1.82, 2.24) is 0 Å². The fourth-order valence-corrected chi connectivity index (χ4v) is 2.35. The van der Waals surface area contributed by atoms with Crippen molar-refractivity contribution >= 4 is 23.5 Å². The van der Waals surface area contributed by atoms with E-state index >= 15 is 0 Å². The average molecular weight is 293 g/mol. The van der Waals surface area contributed by atoms with Crippen molar-refractivity contribution in [3.05, 3.63) is 65.2 Å². The molecule has 0 aliphatic carbocycles. The van der Waals surface area contributed by atoms with Gasteiger partial charge in [-0.15, -0.1) is 0 Å². The van der Waals surface area contributed by atoms with Crippen LogP contribution in [0.2, 0.25) is 0 Å². The molecule has 0 saturated carbocycles. The molecule has 22 heavy (non-hydrogen) atoms. The molecule has 3 rings (SSSR count). The number of carbonyl (C=O) groups is 2. The van der Waals surface area contributed by atoms with Crippen molar-refractivity contribution in [2.24, 2.45) is 0 Å². The first-order valence-corrected chi connectivity index (χ1v) is 6.99. The lowest BCUT2D eigenvalue weighted by Crippen LogP contribution is -2.22. The molecule has 110 valence electrons. The van der Waals surface area contributed by atoms with Crippen LogP contribution in [-0.4, -0.2) is 18.3 Å². The number of para-hydroxylation sites is 2. The lowest BCUT2D eigenvalue weighted by Gasteiger charge is -2.18. The number of Topliss-reactive ketones (excluding diaryl/α,β-unsaturated/α-hetero) is 1. The first kappa shape index (κ1) is 14.1. The van der Waals surface area contributed by atoms with E-state index in [1.165, 1.54) is 6.92 Å². The number of ketones is 1. The molecule has 0 bridgehead atoms. The Morgan fingerprint density at radius 2 is 1.77 bits per heavy atom. The quantitative estimate of drug-likeness (QED) is 0.883. The lowest BCUT2D eigenvalue weighted by atomic mass is 10.1. The molecular formula is C18H15NO3. The van der Waals surface area contributed by atoms with Crippen molar-refractivity contribution in [3.63, 3.8) is 0 Å². The fraction of sp³-hybridized carbons (Fsp3) is 0.111. The van der Waals surface area contributed by atoms with Crippen molar-refractivity contribution in [2.75, 3.05) is 11.9 Å². The van der Waals surface area contributed by atoms with Gasteiger partial charge in [0.1, 0.15) is 12.4 Å². The summed E-state index contributed by atoms with van der Waals surface area (Å²) in [5.41, 5.74) is 2.41. The molecule has 4 nitrogen and oxygen atoms in total. The molecular weight excluding hydrogens is 278 g/mol. The molecule has 0 atom stereocenters. The van der Waals surface area contributed by atoms with Gasteiger partial charge in [-0.3, -0.25) is 9.59 Å². The Kier molecular flexibility index (Phi) is 3.74. The second-order valence-corrected chi connectivity index (χ2v) is 5.05. The van der Waals surface area contributed by atoms with Crippen molar-refractivity contribution in [3.8, 4) is 5.75 Å². The van der Waals surface area contributed by atoms with E-state index in [1.54, 1.807) is 24.3 Å².